The van der Waals surface area contributed by atoms with E-state index in [1.165, 1.54) is 7.11 Å². The number of pyridine rings is 2. The minimum absolute atomic E-state index is 0.103. The standard InChI is InChI=1S/C32H37BrFN3O3/c1-7-23-18-21(19-24(8-2)35-23)32(38,14-15-37(3)4)29(25-10-9-11-28(39-5)30(25)34)26-17-20-16-22(33)12-13-27(20)36-31(26)40-6/h9-13,16-19,29,38H,7-8,14-15H2,1-6H3/t29-,32-/m1/s1. The molecule has 2 aromatic carbocycles. The number of hydrogen-bond acceptors (Lipinski definition) is 6. The van der Waals surface area contributed by atoms with Crippen molar-refractivity contribution in [3.8, 4) is 11.6 Å². The largest absolute Gasteiger partial charge is 0.494 e. The molecular formula is C32H37BrFN3O3. The average molecular weight is 611 g/mol. The van der Waals surface area contributed by atoms with Gasteiger partial charge < -0.3 is 19.5 Å². The van der Waals surface area contributed by atoms with Gasteiger partial charge in [0.05, 0.1) is 25.7 Å². The highest BCUT2D eigenvalue weighted by Crippen LogP contribution is 2.49. The Hall–Kier alpha value is -3.07. The maximum absolute atomic E-state index is 16.2. The van der Waals surface area contributed by atoms with E-state index in [9.17, 15) is 5.11 Å². The lowest BCUT2D eigenvalue weighted by molar-refractivity contribution is 0.00259. The number of nitrogens with zero attached hydrogens (tertiary/aromatic N) is 3. The van der Waals surface area contributed by atoms with Gasteiger partial charge in [-0.25, -0.2) is 9.37 Å². The fourth-order valence-electron chi connectivity index (χ4n) is 5.22. The van der Waals surface area contributed by atoms with E-state index < -0.39 is 17.3 Å². The molecule has 2 aromatic heterocycles. The molecule has 0 aliphatic carbocycles. The fourth-order valence-corrected chi connectivity index (χ4v) is 5.60. The highest BCUT2D eigenvalue weighted by atomic mass is 79.9. The summed E-state index contributed by atoms with van der Waals surface area (Å²) in [4.78, 5) is 11.6. The molecule has 0 aliphatic rings. The molecule has 4 aromatic rings. The van der Waals surface area contributed by atoms with Crippen LogP contribution in [0, 0.1) is 5.82 Å². The van der Waals surface area contributed by atoms with Crippen LogP contribution in [0.4, 0.5) is 4.39 Å². The molecule has 2 atom stereocenters. The van der Waals surface area contributed by atoms with Crippen LogP contribution < -0.4 is 9.47 Å². The number of aryl methyl sites for hydroxylation is 2. The summed E-state index contributed by atoms with van der Waals surface area (Å²) in [6, 6.07) is 16.6. The van der Waals surface area contributed by atoms with Gasteiger partial charge in [0.15, 0.2) is 11.6 Å². The van der Waals surface area contributed by atoms with Gasteiger partial charge in [-0.1, -0.05) is 41.9 Å². The Morgan fingerprint density at radius 3 is 2.25 bits per heavy atom. The molecule has 8 heteroatoms. The normalized spacial score (nSPS) is 13.8. The maximum Gasteiger partial charge on any atom is 0.217 e. The molecular weight excluding hydrogens is 573 g/mol. The molecule has 0 spiro atoms. The van der Waals surface area contributed by atoms with Crippen molar-refractivity contribution in [2.45, 2.75) is 44.6 Å². The van der Waals surface area contributed by atoms with E-state index in [1.54, 1.807) is 25.3 Å². The number of aromatic nitrogens is 2. The number of hydrogen-bond donors (Lipinski definition) is 1. The Morgan fingerprint density at radius 1 is 0.950 bits per heavy atom. The number of fused-ring (bicyclic) bond motifs is 1. The van der Waals surface area contributed by atoms with Crippen molar-refractivity contribution in [3.63, 3.8) is 0 Å². The van der Waals surface area contributed by atoms with E-state index >= 15 is 4.39 Å². The van der Waals surface area contributed by atoms with E-state index in [2.05, 4.69) is 15.9 Å². The second-order valence-corrected chi connectivity index (χ2v) is 11.2. The molecule has 1 N–H and O–H groups in total. The fraction of sp³-hybridized carbons (Fsp3) is 0.375. The van der Waals surface area contributed by atoms with Crippen LogP contribution in [0.1, 0.15) is 54.3 Å². The molecule has 0 amide bonds. The highest BCUT2D eigenvalue weighted by molar-refractivity contribution is 9.10. The van der Waals surface area contributed by atoms with E-state index in [4.69, 9.17) is 19.4 Å². The average Bonchev–Trinajstić information content (AvgIpc) is 2.96. The van der Waals surface area contributed by atoms with Crippen molar-refractivity contribution in [2.24, 2.45) is 0 Å². The summed E-state index contributed by atoms with van der Waals surface area (Å²) < 4.78 is 28.3. The predicted octanol–water partition coefficient (Wildman–Crippen LogP) is 6.64. The van der Waals surface area contributed by atoms with Gasteiger partial charge in [-0.05, 0) is 81.4 Å². The second kappa shape index (κ2) is 12.6. The number of benzene rings is 2. The van der Waals surface area contributed by atoms with Crippen molar-refractivity contribution >= 4 is 26.8 Å². The molecule has 0 bridgehead atoms. The van der Waals surface area contributed by atoms with Crippen LogP contribution >= 0.6 is 15.9 Å². The molecule has 0 saturated carbocycles. The zero-order chi connectivity index (χ0) is 29.0. The molecule has 0 fully saturated rings. The van der Waals surface area contributed by atoms with E-state index in [-0.39, 0.29) is 5.75 Å². The lowest BCUT2D eigenvalue weighted by Crippen LogP contribution is -2.38. The zero-order valence-corrected chi connectivity index (χ0v) is 25.5. The smallest absolute Gasteiger partial charge is 0.217 e. The molecule has 40 heavy (non-hydrogen) atoms. The summed E-state index contributed by atoms with van der Waals surface area (Å²) in [5.41, 5.74) is 2.48. The summed E-state index contributed by atoms with van der Waals surface area (Å²) in [5.74, 6) is -0.989. The second-order valence-electron chi connectivity index (χ2n) is 10.2. The van der Waals surface area contributed by atoms with Crippen LogP contribution in [0.3, 0.4) is 0 Å². The number of aliphatic hydroxyl groups is 1. The number of ether oxygens (including phenoxy) is 2. The van der Waals surface area contributed by atoms with Gasteiger partial charge in [0.2, 0.25) is 5.88 Å². The minimum Gasteiger partial charge on any atom is -0.494 e. The Labute approximate surface area is 244 Å². The van der Waals surface area contributed by atoms with Gasteiger partial charge in [-0.2, -0.15) is 0 Å². The first-order valence-electron chi connectivity index (χ1n) is 13.5. The van der Waals surface area contributed by atoms with Crippen LogP contribution in [0.25, 0.3) is 10.9 Å². The SMILES string of the molecule is CCc1cc([C@](O)(CCN(C)C)[C@@H](c2cc3cc(Br)ccc3nc2OC)c2cccc(OC)c2F)cc(CC)n1. The predicted molar refractivity (Wildman–Crippen MR) is 161 cm³/mol. The van der Waals surface area contributed by atoms with Gasteiger partial charge in [0.25, 0.3) is 0 Å². The maximum atomic E-state index is 16.2. The van der Waals surface area contributed by atoms with E-state index in [0.29, 0.717) is 48.4 Å². The zero-order valence-electron chi connectivity index (χ0n) is 24.0. The number of halogens is 2. The van der Waals surface area contributed by atoms with Crippen LogP contribution in [-0.4, -0.2) is 54.8 Å². The van der Waals surface area contributed by atoms with Crippen molar-refractivity contribution in [1.82, 2.24) is 14.9 Å². The molecule has 6 nitrogen and oxygen atoms in total. The monoisotopic (exact) mass is 609 g/mol. The molecule has 212 valence electrons. The molecule has 2 heterocycles. The third kappa shape index (κ3) is 5.99. The van der Waals surface area contributed by atoms with Crippen LogP contribution in [-0.2, 0) is 18.4 Å². The molecule has 0 aliphatic heterocycles. The Morgan fingerprint density at radius 2 is 1.65 bits per heavy atom. The van der Waals surface area contributed by atoms with E-state index in [1.807, 2.05) is 69.2 Å². The summed E-state index contributed by atoms with van der Waals surface area (Å²) in [5, 5.41) is 13.9. The van der Waals surface area contributed by atoms with Gasteiger partial charge >= 0.3 is 0 Å². The first-order valence-corrected chi connectivity index (χ1v) is 14.3. The van der Waals surface area contributed by atoms with Gasteiger partial charge in [-0.3, -0.25) is 4.98 Å². The van der Waals surface area contributed by atoms with Crippen molar-refractivity contribution < 1.29 is 19.0 Å². The summed E-state index contributed by atoms with van der Waals surface area (Å²) in [6.45, 7) is 4.63. The van der Waals surface area contributed by atoms with Crippen molar-refractivity contribution in [2.75, 3.05) is 34.9 Å². The summed E-state index contributed by atoms with van der Waals surface area (Å²) in [7, 11) is 6.90. The molecule has 0 radical (unpaired) electrons. The van der Waals surface area contributed by atoms with Gasteiger partial charge in [0, 0.05) is 38.9 Å². The van der Waals surface area contributed by atoms with E-state index in [0.717, 1.165) is 26.8 Å². The molecule has 0 saturated heterocycles. The lowest BCUT2D eigenvalue weighted by atomic mass is 9.71. The van der Waals surface area contributed by atoms with Gasteiger partial charge in [0.1, 0.15) is 5.60 Å². The third-order valence-corrected chi connectivity index (χ3v) is 7.86. The van der Waals surface area contributed by atoms with Crippen LogP contribution in [0.5, 0.6) is 11.6 Å². The first-order chi connectivity index (χ1) is 19.1. The molecule has 4 rings (SSSR count). The van der Waals surface area contributed by atoms with Crippen LogP contribution in [0.15, 0.2) is 59.1 Å². The van der Waals surface area contributed by atoms with Crippen LogP contribution in [0.2, 0.25) is 0 Å². The topological polar surface area (TPSA) is 67.7 Å². The van der Waals surface area contributed by atoms with Crippen molar-refractivity contribution in [3.05, 3.63) is 93.0 Å². The summed E-state index contributed by atoms with van der Waals surface area (Å²) >= 11 is 3.56. The first kappa shape index (κ1) is 29.9. The Kier molecular flexibility index (Phi) is 9.44. The summed E-state index contributed by atoms with van der Waals surface area (Å²) in [6.07, 6.45) is 1.73. The Bertz CT molecular complexity index is 1470. The molecule has 0 unspecified atom stereocenters. The quantitative estimate of drug-likeness (QED) is 0.205. The Balaban J connectivity index is 2.12. The van der Waals surface area contributed by atoms with Gasteiger partial charge in [-0.15, -0.1) is 0 Å². The number of rotatable bonds is 11. The lowest BCUT2D eigenvalue weighted by Gasteiger charge is -2.39. The third-order valence-electron chi connectivity index (χ3n) is 7.37. The highest BCUT2D eigenvalue weighted by Gasteiger charge is 2.44. The number of methoxy groups -OCH3 is 2. The van der Waals surface area contributed by atoms with Crippen molar-refractivity contribution in [1.29, 1.82) is 0 Å². The minimum atomic E-state index is -1.55.